The van der Waals surface area contributed by atoms with Gasteiger partial charge in [0.15, 0.2) is 0 Å². The highest BCUT2D eigenvalue weighted by molar-refractivity contribution is 5.97. The number of nitrogens with one attached hydrogen (secondary N) is 4. The molecule has 4 amide bonds. The molecule has 16 heteroatoms. The monoisotopic (exact) mass is 692 g/mol. The number of carbonyl (C=O) groups excluding carboxylic acids is 4. The number of H-pyrrole nitrogens is 1. The molecule has 0 aliphatic carbocycles. The van der Waals surface area contributed by atoms with Crippen LogP contribution in [0.4, 0.5) is 0 Å². The number of likely N-dealkylation sites (tertiary alicyclic amines) is 1. The van der Waals surface area contributed by atoms with Crippen LogP contribution in [-0.4, -0.2) is 103 Å². The molecule has 50 heavy (non-hydrogen) atoms. The van der Waals surface area contributed by atoms with Gasteiger partial charge in [0.05, 0.1) is 12.5 Å². The van der Waals surface area contributed by atoms with Crippen LogP contribution in [0.1, 0.15) is 43.2 Å². The molecule has 0 bridgehead atoms. The molecule has 1 aliphatic heterocycles. The largest absolute Gasteiger partial charge is 0.481 e. The Morgan fingerprint density at radius 3 is 2.18 bits per heavy atom. The Hall–Kier alpha value is -5.77. The van der Waals surface area contributed by atoms with Gasteiger partial charge in [0.2, 0.25) is 23.6 Å². The van der Waals surface area contributed by atoms with E-state index in [1.54, 1.807) is 36.5 Å². The van der Waals surface area contributed by atoms with Crippen molar-refractivity contribution in [2.24, 2.45) is 5.73 Å². The highest BCUT2D eigenvalue weighted by Gasteiger charge is 2.40. The zero-order chi connectivity index (χ0) is 36.4. The number of nitrogens with two attached hydrogens (primary N) is 1. The Kier molecular flexibility index (Phi) is 12.6. The number of nitrogens with zero attached hydrogens (tertiary/aromatic N) is 1. The molecule has 0 unspecified atom stereocenters. The first-order valence-corrected chi connectivity index (χ1v) is 16.1. The summed E-state index contributed by atoms with van der Waals surface area (Å²) in [6, 6.07) is 9.29. The Bertz CT molecular complexity index is 1730. The summed E-state index contributed by atoms with van der Waals surface area (Å²) in [5, 5.41) is 36.3. The Balaban J connectivity index is 1.47. The Morgan fingerprint density at radius 1 is 0.820 bits per heavy atom. The van der Waals surface area contributed by atoms with Gasteiger partial charge in [-0.2, -0.15) is 0 Å². The van der Waals surface area contributed by atoms with E-state index in [2.05, 4.69) is 20.9 Å². The quantitative estimate of drug-likeness (QED) is 0.0944. The number of hydrogen-bond acceptors (Lipinski definition) is 8. The molecule has 1 aliphatic rings. The van der Waals surface area contributed by atoms with Gasteiger partial charge in [0, 0.05) is 36.5 Å². The topological polar surface area (TPSA) is 261 Å². The van der Waals surface area contributed by atoms with Crippen molar-refractivity contribution in [1.29, 1.82) is 0 Å². The molecule has 0 spiro atoms. The van der Waals surface area contributed by atoms with Gasteiger partial charge in [-0.25, -0.2) is 4.79 Å². The Labute approximate surface area is 286 Å². The predicted molar refractivity (Wildman–Crippen MR) is 177 cm³/mol. The maximum absolute atomic E-state index is 13.7. The molecular weight excluding hydrogens is 652 g/mol. The lowest BCUT2D eigenvalue weighted by Gasteiger charge is -2.30. The molecule has 266 valence electrons. The van der Waals surface area contributed by atoms with Crippen molar-refractivity contribution in [2.45, 2.75) is 75.2 Å². The van der Waals surface area contributed by atoms with Crippen LogP contribution in [0.5, 0.6) is 0 Å². The van der Waals surface area contributed by atoms with Crippen LogP contribution in [0, 0.1) is 0 Å². The van der Waals surface area contributed by atoms with Crippen LogP contribution >= 0.6 is 0 Å². The van der Waals surface area contributed by atoms with Gasteiger partial charge >= 0.3 is 17.9 Å². The molecule has 4 rings (SSSR count). The average molecular weight is 693 g/mol. The molecule has 2 aromatic carbocycles. The van der Waals surface area contributed by atoms with Gasteiger partial charge in [0.1, 0.15) is 24.2 Å². The molecule has 1 aromatic heterocycles. The third-order valence-corrected chi connectivity index (χ3v) is 8.46. The van der Waals surface area contributed by atoms with Crippen molar-refractivity contribution in [2.75, 3.05) is 6.54 Å². The molecule has 2 heterocycles. The number of hydrogen-bond donors (Lipinski definition) is 8. The van der Waals surface area contributed by atoms with Crippen molar-refractivity contribution < 1.29 is 48.9 Å². The highest BCUT2D eigenvalue weighted by Crippen LogP contribution is 2.21. The molecule has 3 aromatic rings. The summed E-state index contributed by atoms with van der Waals surface area (Å²) in [4.78, 5) is 92.6. The molecule has 16 nitrogen and oxygen atoms in total. The minimum Gasteiger partial charge on any atom is -0.481 e. The van der Waals surface area contributed by atoms with Crippen LogP contribution in [0.25, 0.3) is 10.9 Å². The van der Waals surface area contributed by atoms with Crippen molar-refractivity contribution >= 4 is 52.4 Å². The number of aromatic amines is 1. The van der Waals surface area contributed by atoms with Gasteiger partial charge in [-0.3, -0.25) is 28.8 Å². The lowest BCUT2D eigenvalue weighted by Crippen LogP contribution is -2.58. The third kappa shape index (κ3) is 9.88. The summed E-state index contributed by atoms with van der Waals surface area (Å²) in [6.45, 7) is 0.0656. The van der Waals surface area contributed by atoms with Gasteiger partial charge in [0.25, 0.3) is 0 Å². The van der Waals surface area contributed by atoms with Gasteiger partial charge in [-0.05, 0) is 42.9 Å². The minimum absolute atomic E-state index is 0.0592. The number of carbonyl (C=O) groups is 7. The van der Waals surface area contributed by atoms with E-state index >= 15 is 0 Å². The van der Waals surface area contributed by atoms with Crippen molar-refractivity contribution in [3.05, 3.63) is 71.9 Å². The van der Waals surface area contributed by atoms with Crippen LogP contribution < -0.4 is 21.7 Å². The fourth-order valence-corrected chi connectivity index (χ4v) is 5.91. The standard InChI is InChI=1S/C34H40N6O10/c35-22(16-20-18-36-23-10-5-4-9-21(20)23)30(45)39-26(17-29(43)44)33(48)40-14-6-11-27(40)32(47)38-25(15-19-7-2-1-3-8-19)31(46)37-24(34(49)50)12-13-28(41)42/h1-5,7-10,18,22,24-27,36H,6,11-17,35H2,(H,37,46)(H,38,47)(H,39,45)(H,41,42)(H,43,44)(H,49,50)/t22-,24-,25-,26-,27-/m0/s1. The van der Waals surface area contributed by atoms with E-state index in [9.17, 15) is 43.8 Å². The van der Waals surface area contributed by atoms with E-state index in [1.165, 1.54) is 0 Å². The second-order valence-electron chi connectivity index (χ2n) is 12.1. The van der Waals surface area contributed by atoms with Crippen LogP contribution in [0.3, 0.4) is 0 Å². The SMILES string of the molecule is N[C@@H](Cc1c[nH]c2ccccc12)C(=O)N[C@@H](CC(=O)O)C(=O)N1CCC[C@H]1C(=O)N[C@@H](Cc1ccccc1)C(=O)N[C@@H](CCC(=O)O)C(=O)O. The number of aromatic nitrogens is 1. The van der Waals surface area contributed by atoms with E-state index in [-0.39, 0.29) is 25.8 Å². The number of amides is 4. The number of carboxylic acid groups (broad SMARTS) is 3. The van der Waals surface area contributed by atoms with Crippen LogP contribution in [-0.2, 0) is 46.4 Å². The lowest BCUT2D eigenvalue weighted by atomic mass is 10.0. The summed E-state index contributed by atoms with van der Waals surface area (Å²) < 4.78 is 0. The fraction of sp³-hybridized carbons (Fsp3) is 0.382. The minimum atomic E-state index is -1.55. The molecule has 0 radical (unpaired) electrons. The third-order valence-electron chi connectivity index (χ3n) is 8.46. The maximum atomic E-state index is 13.7. The van der Waals surface area contributed by atoms with E-state index < -0.39 is 91.0 Å². The number of benzene rings is 2. The van der Waals surface area contributed by atoms with Gasteiger partial charge in [-0.15, -0.1) is 0 Å². The van der Waals surface area contributed by atoms with Gasteiger partial charge in [-0.1, -0.05) is 48.5 Å². The molecule has 1 saturated heterocycles. The summed E-state index contributed by atoms with van der Waals surface area (Å²) >= 11 is 0. The molecule has 9 N–H and O–H groups in total. The van der Waals surface area contributed by atoms with Gasteiger partial charge < -0.3 is 46.9 Å². The normalized spacial score (nSPS) is 16.5. The molecule has 5 atom stereocenters. The van der Waals surface area contributed by atoms with Crippen LogP contribution in [0.15, 0.2) is 60.8 Å². The van der Waals surface area contributed by atoms with E-state index in [0.29, 0.717) is 12.0 Å². The number of rotatable bonds is 17. The van der Waals surface area contributed by atoms with E-state index in [4.69, 9.17) is 10.8 Å². The molecular formula is C34H40N6O10. The van der Waals surface area contributed by atoms with Crippen molar-refractivity contribution in [3.8, 4) is 0 Å². The first-order valence-electron chi connectivity index (χ1n) is 16.1. The number of fused-ring (bicyclic) bond motifs is 1. The molecule has 1 fully saturated rings. The second-order valence-corrected chi connectivity index (χ2v) is 12.1. The predicted octanol–water partition coefficient (Wildman–Crippen LogP) is 0.150. The summed E-state index contributed by atoms with van der Waals surface area (Å²) in [5.41, 5.74) is 8.40. The maximum Gasteiger partial charge on any atom is 0.326 e. The van der Waals surface area contributed by atoms with Crippen molar-refractivity contribution in [1.82, 2.24) is 25.8 Å². The van der Waals surface area contributed by atoms with Crippen molar-refractivity contribution in [3.63, 3.8) is 0 Å². The highest BCUT2D eigenvalue weighted by atomic mass is 16.4. The van der Waals surface area contributed by atoms with E-state index in [1.807, 2.05) is 24.3 Å². The zero-order valence-electron chi connectivity index (χ0n) is 27.0. The average Bonchev–Trinajstić information content (AvgIpc) is 3.73. The number of para-hydroxylation sites is 1. The summed E-state index contributed by atoms with van der Waals surface area (Å²) in [5.74, 6) is -7.28. The smallest absolute Gasteiger partial charge is 0.326 e. The lowest BCUT2D eigenvalue weighted by molar-refractivity contribution is -0.146. The van der Waals surface area contributed by atoms with Crippen LogP contribution in [0.2, 0.25) is 0 Å². The first-order chi connectivity index (χ1) is 23.8. The molecule has 0 saturated carbocycles. The first kappa shape index (κ1) is 37.1. The second kappa shape index (κ2) is 17.1. The summed E-state index contributed by atoms with van der Waals surface area (Å²) in [7, 11) is 0. The zero-order valence-corrected chi connectivity index (χ0v) is 27.0. The number of aliphatic carboxylic acids is 3. The Morgan fingerprint density at radius 2 is 1.50 bits per heavy atom. The number of carboxylic acids is 3. The summed E-state index contributed by atoms with van der Waals surface area (Å²) in [6.07, 6.45) is 0.600. The fourth-order valence-electron chi connectivity index (χ4n) is 5.91. The van der Waals surface area contributed by atoms with E-state index in [0.717, 1.165) is 21.4 Å².